The van der Waals surface area contributed by atoms with E-state index in [2.05, 4.69) is 46.6 Å². The zero-order chi connectivity index (χ0) is 12.6. The Morgan fingerprint density at radius 3 is 2.31 bits per heavy atom. The van der Waals surface area contributed by atoms with E-state index < -0.39 is 0 Å². The molecule has 3 unspecified atom stereocenters. The van der Waals surface area contributed by atoms with Crippen molar-refractivity contribution in [2.45, 2.75) is 65.5 Å². The van der Waals surface area contributed by atoms with Gasteiger partial charge >= 0.3 is 0 Å². The van der Waals surface area contributed by atoms with Gasteiger partial charge in [-0.15, -0.1) is 0 Å². The van der Waals surface area contributed by atoms with Gasteiger partial charge in [-0.05, 0) is 44.6 Å². The topological polar surface area (TPSA) is 29.3 Å². The molecule has 0 amide bonds. The second-order valence-corrected chi connectivity index (χ2v) is 6.62. The molecule has 2 nitrogen and oxygen atoms in total. The first-order valence-corrected chi connectivity index (χ1v) is 6.72. The number of nitrogens with two attached hydrogens (primary N) is 1. The van der Waals surface area contributed by atoms with Crippen molar-refractivity contribution in [3.63, 3.8) is 0 Å². The van der Waals surface area contributed by atoms with Crippen LogP contribution in [-0.2, 0) is 0 Å². The SMILES string of the molecule is CCC(C)N(C)C1(CN)CC(C)(C)CC1C. The number of likely N-dealkylation sites (N-methyl/N-ethyl adjacent to an activating group) is 1. The Kier molecular flexibility index (Phi) is 4.07. The highest BCUT2D eigenvalue weighted by Crippen LogP contribution is 2.50. The first-order chi connectivity index (χ1) is 7.29. The van der Waals surface area contributed by atoms with Crippen molar-refractivity contribution in [2.75, 3.05) is 13.6 Å². The average molecular weight is 226 g/mol. The van der Waals surface area contributed by atoms with Crippen LogP contribution in [0.3, 0.4) is 0 Å². The number of hydrogen-bond acceptors (Lipinski definition) is 2. The van der Waals surface area contributed by atoms with Crippen LogP contribution in [0.1, 0.15) is 53.9 Å². The Bertz CT molecular complexity index is 237. The van der Waals surface area contributed by atoms with Crippen LogP contribution in [-0.4, -0.2) is 30.1 Å². The maximum Gasteiger partial charge on any atom is 0.0362 e. The maximum atomic E-state index is 6.13. The quantitative estimate of drug-likeness (QED) is 0.798. The lowest BCUT2D eigenvalue weighted by Gasteiger charge is -2.45. The molecule has 0 aliphatic heterocycles. The summed E-state index contributed by atoms with van der Waals surface area (Å²) in [6.45, 7) is 12.5. The summed E-state index contributed by atoms with van der Waals surface area (Å²) < 4.78 is 0. The lowest BCUT2D eigenvalue weighted by Crippen LogP contribution is -2.57. The van der Waals surface area contributed by atoms with Crippen LogP contribution in [0.25, 0.3) is 0 Å². The van der Waals surface area contributed by atoms with Gasteiger partial charge in [-0.3, -0.25) is 4.90 Å². The third kappa shape index (κ3) is 2.28. The van der Waals surface area contributed by atoms with Gasteiger partial charge in [-0.25, -0.2) is 0 Å². The Morgan fingerprint density at radius 2 is 2.00 bits per heavy atom. The van der Waals surface area contributed by atoms with E-state index in [4.69, 9.17) is 5.73 Å². The van der Waals surface area contributed by atoms with E-state index in [0.717, 1.165) is 6.54 Å². The summed E-state index contributed by atoms with van der Waals surface area (Å²) in [6.07, 6.45) is 3.73. The monoisotopic (exact) mass is 226 g/mol. The summed E-state index contributed by atoms with van der Waals surface area (Å²) in [7, 11) is 2.26. The van der Waals surface area contributed by atoms with E-state index in [1.807, 2.05) is 0 Å². The first-order valence-electron chi connectivity index (χ1n) is 6.72. The maximum absolute atomic E-state index is 6.13. The van der Waals surface area contributed by atoms with E-state index >= 15 is 0 Å². The summed E-state index contributed by atoms with van der Waals surface area (Å²) in [6, 6.07) is 0.625. The minimum Gasteiger partial charge on any atom is -0.329 e. The molecule has 16 heavy (non-hydrogen) atoms. The van der Waals surface area contributed by atoms with Crippen molar-refractivity contribution < 1.29 is 0 Å². The fourth-order valence-corrected chi connectivity index (χ4v) is 3.70. The first kappa shape index (κ1) is 14.0. The molecule has 0 radical (unpaired) electrons. The number of nitrogens with zero attached hydrogens (tertiary/aromatic N) is 1. The van der Waals surface area contributed by atoms with Gasteiger partial charge in [-0.2, -0.15) is 0 Å². The molecule has 0 aromatic carbocycles. The molecule has 1 fully saturated rings. The van der Waals surface area contributed by atoms with Crippen LogP contribution in [0.15, 0.2) is 0 Å². The smallest absolute Gasteiger partial charge is 0.0362 e. The fraction of sp³-hybridized carbons (Fsp3) is 1.00. The zero-order valence-electron chi connectivity index (χ0n) is 12.0. The summed E-state index contributed by atoms with van der Waals surface area (Å²) in [4.78, 5) is 2.55. The van der Waals surface area contributed by atoms with Gasteiger partial charge in [0.2, 0.25) is 0 Å². The molecular formula is C14H30N2. The lowest BCUT2D eigenvalue weighted by molar-refractivity contribution is 0.0496. The molecule has 1 saturated carbocycles. The Balaban J connectivity index is 2.94. The zero-order valence-corrected chi connectivity index (χ0v) is 12.0. The lowest BCUT2D eigenvalue weighted by atomic mass is 9.84. The predicted octanol–water partition coefficient (Wildman–Crippen LogP) is 2.87. The molecule has 96 valence electrons. The highest BCUT2D eigenvalue weighted by atomic mass is 15.2. The van der Waals surface area contributed by atoms with Gasteiger partial charge in [0, 0.05) is 18.1 Å². The van der Waals surface area contributed by atoms with Crippen molar-refractivity contribution in [3.05, 3.63) is 0 Å². The van der Waals surface area contributed by atoms with Crippen molar-refractivity contribution in [1.29, 1.82) is 0 Å². The van der Waals surface area contributed by atoms with Crippen LogP contribution in [0.4, 0.5) is 0 Å². The minimum atomic E-state index is 0.221. The van der Waals surface area contributed by atoms with Crippen molar-refractivity contribution in [3.8, 4) is 0 Å². The molecular weight excluding hydrogens is 196 g/mol. The van der Waals surface area contributed by atoms with Gasteiger partial charge in [0.15, 0.2) is 0 Å². The highest BCUT2D eigenvalue weighted by molar-refractivity contribution is 5.06. The largest absolute Gasteiger partial charge is 0.329 e. The van der Waals surface area contributed by atoms with E-state index in [1.165, 1.54) is 19.3 Å². The summed E-state index contributed by atoms with van der Waals surface area (Å²) in [5, 5.41) is 0. The fourth-order valence-electron chi connectivity index (χ4n) is 3.70. The van der Waals surface area contributed by atoms with Crippen LogP contribution in [0, 0.1) is 11.3 Å². The number of hydrogen-bond donors (Lipinski definition) is 1. The Labute approximate surface area is 102 Å². The van der Waals surface area contributed by atoms with Gasteiger partial charge in [0.05, 0.1) is 0 Å². The molecule has 0 heterocycles. The van der Waals surface area contributed by atoms with Crippen molar-refractivity contribution in [1.82, 2.24) is 4.90 Å². The van der Waals surface area contributed by atoms with E-state index in [-0.39, 0.29) is 5.54 Å². The second kappa shape index (κ2) is 4.66. The summed E-state index contributed by atoms with van der Waals surface area (Å²) in [5.74, 6) is 0.700. The van der Waals surface area contributed by atoms with Crippen LogP contribution >= 0.6 is 0 Å². The van der Waals surface area contributed by atoms with E-state index in [1.54, 1.807) is 0 Å². The Hall–Kier alpha value is -0.0800. The van der Waals surface area contributed by atoms with Crippen LogP contribution < -0.4 is 5.73 Å². The second-order valence-electron chi connectivity index (χ2n) is 6.62. The highest BCUT2D eigenvalue weighted by Gasteiger charge is 2.50. The molecule has 0 bridgehead atoms. The third-order valence-electron chi connectivity index (χ3n) is 4.87. The predicted molar refractivity (Wildman–Crippen MR) is 71.5 cm³/mol. The minimum absolute atomic E-state index is 0.221. The van der Waals surface area contributed by atoms with Gasteiger partial charge in [0.25, 0.3) is 0 Å². The molecule has 1 aliphatic rings. The standard InChI is InChI=1S/C14H30N2/c1-7-12(3)16(6)14(10-15)9-13(4,5)8-11(14)2/h11-12H,7-10,15H2,1-6H3. The van der Waals surface area contributed by atoms with Crippen molar-refractivity contribution >= 4 is 0 Å². The molecule has 0 aromatic rings. The molecule has 2 N–H and O–H groups in total. The van der Waals surface area contributed by atoms with Crippen LogP contribution in [0.2, 0.25) is 0 Å². The van der Waals surface area contributed by atoms with Gasteiger partial charge < -0.3 is 5.73 Å². The third-order valence-corrected chi connectivity index (χ3v) is 4.87. The molecule has 1 rings (SSSR count). The molecule has 1 aliphatic carbocycles. The number of rotatable bonds is 4. The average Bonchev–Trinajstić information content (AvgIpc) is 2.46. The molecule has 0 aromatic heterocycles. The normalized spacial score (nSPS) is 35.6. The van der Waals surface area contributed by atoms with E-state index in [0.29, 0.717) is 17.4 Å². The summed E-state index contributed by atoms with van der Waals surface area (Å²) >= 11 is 0. The molecule has 0 spiro atoms. The van der Waals surface area contributed by atoms with Crippen molar-refractivity contribution in [2.24, 2.45) is 17.1 Å². The van der Waals surface area contributed by atoms with Gasteiger partial charge in [-0.1, -0.05) is 27.7 Å². The van der Waals surface area contributed by atoms with Gasteiger partial charge in [0.1, 0.15) is 0 Å². The molecule has 2 heteroatoms. The summed E-state index contributed by atoms with van der Waals surface area (Å²) in [5.41, 5.74) is 6.80. The van der Waals surface area contributed by atoms with Crippen LogP contribution in [0.5, 0.6) is 0 Å². The molecule has 0 saturated heterocycles. The Morgan fingerprint density at radius 1 is 1.44 bits per heavy atom. The molecule has 3 atom stereocenters. The van der Waals surface area contributed by atoms with E-state index in [9.17, 15) is 0 Å².